The maximum absolute atomic E-state index is 12.6. The summed E-state index contributed by atoms with van der Waals surface area (Å²) in [5.41, 5.74) is 1.14. The number of methoxy groups -OCH3 is 1. The van der Waals surface area contributed by atoms with Crippen LogP contribution >= 0.6 is 0 Å². The summed E-state index contributed by atoms with van der Waals surface area (Å²) in [4.78, 5) is 14.5. The Morgan fingerprint density at radius 2 is 2.05 bits per heavy atom. The molecule has 0 spiro atoms. The average molecular weight is 276 g/mol. The van der Waals surface area contributed by atoms with Crippen LogP contribution in [0.15, 0.2) is 24.3 Å². The Hall–Kier alpha value is -1.55. The van der Waals surface area contributed by atoms with Crippen LogP contribution in [0.3, 0.4) is 0 Å². The topological polar surface area (TPSA) is 41.6 Å². The van der Waals surface area contributed by atoms with Crippen molar-refractivity contribution in [3.63, 3.8) is 0 Å². The number of benzene rings is 1. The Labute approximate surface area is 121 Å². The van der Waals surface area contributed by atoms with Crippen LogP contribution in [-0.2, 0) is 11.3 Å². The summed E-state index contributed by atoms with van der Waals surface area (Å²) in [6.45, 7) is 7.34. The van der Waals surface area contributed by atoms with E-state index in [9.17, 15) is 4.79 Å². The molecule has 0 saturated carbocycles. The number of hydrogen-bond acceptors (Lipinski definition) is 3. The van der Waals surface area contributed by atoms with Crippen molar-refractivity contribution in [2.75, 3.05) is 26.7 Å². The van der Waals surface area contributed by atoms with Gasteiger partial charge < -0.3 is 15.0 Å². The molecule has 1 aliphatic heterocycles. The first kappa shape index (κ1) is 14.9. The fourth-order valence-electron chi connectivity index (χ4n) is 2.67. The van der Waals surface area contributed by atoms with Crippen molar-refractivity contribution in [2.24, 2.45) is 11.8 Å². The molecule has 1 aromatic carbocycles. The lowest BCUT2D eigenvalue weighted by Gasteiger charge is -2.26. The van der Waals surface area contributed by atoms with Crippen molar-refractivity contribution in [1.82, 2.24) is 10.2 Å². The maximum Gasteiger partial charge on any atom is 0.227 e. The normalized spacial score (nSPS) is 21.8. The van der Waals surface area contributed by atoms with Gasteiger partial charge in [-0.15, -0.1) is 0 Å². The molecule has 1 fully saturated rings. The van der Waals surface area contributed by atoms with Crippen molar-refractivity contribution in [3.8, 4) is 5.75 Å². The lowest BCUT2D eigenvalue weighted by Crippen LogP contribution is -2.38. The van der Waals surface area contributed by atoms with Crippen LogP contribution in [0.1, 0.15) is 19.4 Å². The number of rotatable bonds is 5. The minimum Gasteiger partial charge on any atom is -0.497 e. The molecule has 1 aromatic rings. The van der Waals surface area contributed by atoms with Gasteiger partial charge in [0.05, 0.1) is 13.0 Å². The van der Waals surface area contributed by atoms with Crippen molar-refractivity contribution >= 4 is 5.91 Å². The van der Waals surface area contributed by atoms with Gasteiger partial charge >= 0.3 is 0 Å². The number of ether oxygens (including phenoxy) is 1. The van der Waals surface area contributed by atoms with E-state index < -0.39 is 0 Å². The van der Waals surface area contributed by atoms with Crippen LogP contribution in [0.4, 0.5) is 0 Å². The first-order valence-electron chi connectivity index (χ1n) is 7.28. The smallest absolute Gasteiger partial charge is 0.227 e. The maximum atomic E-state index is 12.6. The molecule has 1 aliphatic rings. The summed E-state index contributed by atoms with van der Waals surface area (Å²) in [6.07, 6.45) is 0. The van der Waals surface area contributed by atoms with Crippen LogP contribution in [0.25, 0.3) is 0 Å². The lowest BCUT2D eigenvalue weighted by molar-refractivity contribution is -0.136. The van der Waals surface area contributed by atoms with Gasteiger partial charge in [0.2, 0.25) is 5.91 Å². The van der Waals surface area contributed by atoms with Crippen LogP contribution in [0, 0.1) is 11.8 Å². The van der Waals surface area contributed by atoms with Gasteiger partial charge in [0, 0.05) is 19.6 Å². The number of hydrogen-bond donors (Lipinski definition) is 1. The van der Waals surface area contributed by atoms with Gasteiger partial charge in [-0.2, -0.15) is 0 Å². The van der Waals surface area contributed by atoms with E-state index in [4.69, 9.17) is 4.74 Å². The predicted molar refractivity (Wildman–Crippen MR) is 79.6 cm³/mol. The van der Waals surface area contributed by atoms with Crippen LogP contribution < -0.4 is 10.1 Å². The predicted octanol–water partition coefficient (Wildman–Crippen LogP) is 1.90. The Kier molecular flexibility index (Phi) is 5.01. The molecule has 110 valence electrons. The van der Waals surface area contributed by atoms with Gasteiger partial charge in [-0.25, -0.2) is 0 Å². The molecule has 0 unspecified atom stereocenters. The molecule has 0 radical (unpaired) electrons. The quantitative estimate of drug-likeness (QED) is 0.893. The summed E-state index contributed by atoms with van der Waals surface area (Å²) in [5.74, 6) is 1.65. The minimum absolute atomic E-state index is 0.119. The van der Waals surface area contributed by atoms with Crippen molar-refractivity contribution < 1.29 is 9.53 Å². The summed E-state index contributed by atoms with van der Waals surface area (Å²) >= 11 is 0. The molecule has 1 saturated heterocycles. The first-order valence-corrected chi connectivity index (χ1v) is 7.28. The fourth-order valence-corrected chi connectivity index (χ4v) is 2.67. The second kappa shape index (κ2) is 6.75. The zero-order valence-corrected chi connectivity index (χ0v) is 12.6. The van der Waals surface area contributed by atoms with Gasteiger partial charge in [-0.1, -0.05) is 19.1 Å². The van der Waals surface area contributed by atoms with Crippen LogP contribution in [0.2, 0.25) is 0 Å². The average Bonchev–Trinajstić information content (AvgIpc) is 2.91. The molecular formula is C16H24N2O2. The monoisotopic (exact) mass is 276 g/mol. The van der Waals surface area contributed by atoms with Gasteiger partial charge in [-0.3, -0.25) is 4.79 Å². The summed E-state index contributed by atoms with van der Waals surface area (Å²) < 4.78 is 5.15. The third-order valence-corrected chi connectivity index (χ3v) is 4.06. The molecule has 4 heteroatoms. The number of carbonyl (C=O) groups is 1. The molecule has 1 heterocycles. The molecule has 20 heavy (non-hydrogen) atoms. The number of nitrogens with one attached hydrogen (secondary N) is 1. The molecule has 1 N–H and O–H groups in total. The van der Waals surface area contributed by atoms with E-state index in [2.05, 4.69) is 12.2 Å². The van der Waals surface area contributed by atoms with Gasteiger partial charge in [0.25, 0.3) is 0 Å². The van der Waals surface area contributed by atoms with E-state index in [1.165, 1.54) is 0 Å². The molecule has 0 aromatic heterocycles. The molecule has 1 amide bonds. The number of amides is 1. The molecule has 0 aliphatic carbocycles. The summed E-state index contributed by atoms with van der Waals surface area (Å²) in [6, 6.07) is 7.91. The second-order valence-electron chi connectivity index (χ2n) is 5.44. The molecule has 0 bridgehead atoms. The highest BCUT2D eigenvalue weighted by atomic mass is 16.5. The zero-order valence-electron chi connectivity index (χ0n) is 12.6. The highest BCUT2D eigenvalue weighted by Crippen LogP contribution is 2.20. The lowest BCUT2D eigenvalue weighted by atomic mass is 9.96. The van der Waals surface area contributed by atoms with Crippen LogP contribution in [-0.4, -0.2) is 37.6 Å². The largest absolute Gasteiger partial charge is 0.497 e. The highest BCUT2D eigenvalue weighted by molar-refractivity contribution is 5.79. The van der Waals surface area contributed by atoms with Gasteiger partial charge in [-0.05, 0) is 37.1 Å². The number of carbonyl (C=O) groups excluding carboxylic acids is 1. The highest BCUT2D eigenvalue weighted by Gasteiger charge is 2.32. The molecule has 2 atom stereocenters. The SMILES string of the molecule is CCN(Cc1ccc(OC)cc1)C(=O)[C@@H]1CNC[C@H]1C. The van der Waals surface area contributed by atoms with Crippen molar-refractivity contribution in [3.05, 3.63) is 29.8 Å². The van der Waals surface area contributed by atoms with Gasteiger partial charge in [0.1, 0.15) is 5.75 Å². The van der Waals surface area contributed by atoms with Gasteiger partial charge in [0.15, 0.2) is 0 Å². The Morgan fingerprint density at radius 3 is 2.55 bits per heavy atom. The molecule has 2 rings (SSSR count). The third kappa shape index (κ3) is 3.31. The fraction of sp³-hybridized carbons (Fsp3) is 0.562. The van der Waals surface area contributed by atoms with E-state index in [-0.39, 0.29) is 11.8 Å². The minimum atomic E-state index is 0.119. The number of nitrogens with zero attached hydrogens (tertiary/aromatic N) is 1. The first-order chi connectivity index (χ1) is 9.65. The van der Waals surface area contributed by atoms with E-state index >= 15 is 0 Å². The van der Waals surface area contributed by atoms with Crippen molar-refractivity contribution in [2.45, 2.75) is 20.4 Å². The summed E-state index contributed by atoms with van der Waals surface area (Å²) in [5, 5.41) is 3.30. The third-order valence-electron chi connectivity index (χ3n) is 4.06. The second-order valence-corrected chi connectivity index (χ2v) is 5.44. The van der Waals surface area contributed by atoms with E-state index in [1.54, 1.807) is 7.11 Å². The van der Waals surface area contributed by atoms with E-state index in [0.29, 0.717) is 12.5 Å². The zero-order chi connectivity index (χ0) is 14.5. The Balaban J connectivity index is 2.02. The Bertz CT molecular complexity index is 444. The Morgan fingerprint density at radius 1 is 1.35 bits per heavy atom. The van der Waals surface area contributed by atoms with Crippen LogP contribution in [0.5, 0.6) is 5.75 Å². The van der Waals surface area contributed by atoms with E-state index in [0.717, 1.165) is 30.9 Å². The summed E-state index contributed by atoms with van der Waals surface area (Å²) in [7, 11) is 1.66. The van der Waals surface area contributed by atoms with Crippen molar-refractivity contribution in [1.29, 1.82) is 0 Å². The molecular weight excluding hydrogens is 252 g/mol. The standard InChI is InChI=1S/C16H24N2O2/c1-4-18(16(19)15-10-17-9-12(15)2)11-13-5-7-14(20-3)8-6-13/h5-8,12,15,17H,4,9-11H2,1-3H3/t12-,15-/m1/s1. The molecule has 4 nitrogen and oxygen atoms in total. The van der Waals surface area contributed by atoms with E-state index in [1.807, 2.05) is 36.1 Å².